The van der Waals surface area contributed by atoms with Crippen LogP contribution in [-0.2, 0) is 6.42 Å². The SMILES string of the molecule is Clc1ccccc1Cc1cn2ccccc2n1. The van der Waals surface area contributed by atoms with E-state index in [-0.39, 0.29) is 0 Å². The van der Waals surface area contributed by atoms with Crippen LogP contribution in [0.4, 0.5) is 0 Å². The standard InChI is InChI=1S/C14H11ClN2/c15-13-6-2-1-5-11(13)9-12-10-17-8-4-3-7-14(17)16-12/h1-8,10H,9H2. The Bertz CT molecular complexity index is 625. The summed E-state index contributed by atoms with van der Waals surface area (Å²) in [7, 11) is 0. The number of halogens is 1. The molecule has 1 aromatic carbocycles. The van der Waals surface area contributed by atoms with Crippen molar-refractivity contribution in [2.45, 2.75) is 6.42 Å². The normalized spacial score (nSPS) is 10.9. The highest BCUT2D eigenvalue weighted by atomic mass is 35.5. The number of aromatic nitrogens is 2. The largest absolute Gasteiger partial charge is 0.307 e. The van der Waals surface area contributed by atoms with Crippen molar-refractivity contribution in [3.05, 3.63) is 71.1 Å². The molecule has 0 aliphatic carbocycles. The van der Waals surface area contributed by atoms with Gasteiger partial charge in [-0.25, -0.2) is 4.98 Å². The van der Waals surface area contributed by atoms with Crippen LogP contribution in [0.5, 0.6) is 0 Å². The number of fused-ring (bicyclic) bond motifs is 1. The van der Waals surface area contributed by atoms with Gasteiger partial charge in [0.25, 0.3) is 0 Å². The quantitative estimate of drug-likeness (QED) is 0.672. The van der Waals surface area contributed by atoms with Gasteiger partial charge >= 0.3 is 0 Å². The summed E-state index contributed by atoms with van der Waals surface area (Å²) in [4.78, 5) is 4.55. The highest BCUT2D eigenvalue weighted by molar-refractivity contribution is 6.31. The van der Waals surface area contributed by atoms with Crippen molar-refractivity contribution in [1.82, 2.24) is 9.38 Å². The molecule has 0 N–H and O–H groups in total. The minimum Gasteiger partial charge on any atom is -0.307 e. The molecular weight excluding hydrogens is 232 g/mol. The lowest BCUT2D eigenvalue weighted by Gasteiger charge is -2.00. The van der Waals surface area contributed by atoms with E-state index in [9.17, 15) is 0 Å². The molecule has 0 radical (unpaired) electrons. The summed E-state index contributed by atoms with van der Waals surface area (Å²) < 4.78 is 2.02. The molecule has 2 heterocycles. The Hall–Kier alpha value is -1.80. The van der Waals surface area contributed by atoms with Gasteiger partial charge in [0.05, 0.1) is 5.69 Å². The molecule has 0 spiro atoms. The van der Waals surface area contributed by atoms with Crippen molar-refractivity contribution in [1.29, 1.82) is 0 Å². The number of rotatable bonds is 2. The van der Waals surface area contributed by atoms with Crippen LogP contribution in [0.25, 0.3) is 5.65 Å². The van der Waals surface area contributed by atoms with Crippen molar-refractivity contribution in [3.63, 3.8) is 0 Å². The van der Waals surface area contributed by atoms with Crippen LogP contribution in [0.15, 0.2) is 54.9 Å². The van der Waals surface area contributed by atoms with E-state index < -0.39 is 0 Å². The Morgan fingerprint density at radius 3 is 2.71 bits per heavy atom. The molecule has 0 unspecified atom stereocenters. The average molecular weight is 243 g/mol. The van der Waals surface area contributed by atoms with Gasteiger partial charge in [-0.1, -0.05) is 35.9 Å². The van der Waals surface area contributed by atoms with Crippen LogP contribution in [0, 0.1) is 0 Å². The Morgan fingerprint density at radius 2 is 1.88 bits per heavy atom. The van der Waals surface area contributed by atoms with Crippen molar-refractivity contribution < 1.29 is 0 Å². The molecule has 0 atom stereocenters. The summed E-state index contributed by atoms with van der Waals surface area (Å²) in [6, 6.07) is 13.9. The minimum absolute atomic E-state index is 0.765. The van der Waals surface area contributed by atoms with Gasteiger partial charge in [0.1, 0.15) is 5.65 Å². The van der Waals surface area contributed by atoms with Gasteiger partial charge in [-0.15, -0.1) is 0 Å². The van der Waals surface area contributed by atoms with Gasteiger partial charge in [-0.2, -0.15) is 0 Å². The molecule has 3 heteroatoms. The lowest BCUT2D eigenvalue weighted by atomic mass is 10.1. The topological polar surface area (TPSA) is 17.3 Å². The molecule has 0 aliphatic heterocycles. The monoisotopic (exact) mass is 242 g/mol. The maximum Gasteiger partial charge on any atom is 0.136 e. The fourth-order valence-electron chi connectivity index (χ4n) is 1.91. The highest BCUT2D eigenvalue weighted by Gasteiger charge is 2.04. The highest BCUT2D eigenvalue weighted by Crippen LogP contribution is 2.18. The fourth-order valence-corrected chi connectivity index (χ4v) is 2.11. The molecule has 0 fully saturated rings. The van der Waals surface area contributed by atoms with Crippen molar-refractivity contribution in [3.8, 4) is 0 Å². The third-order valence-electron chi connectivity index (χ3n) is 2.74. The lowest BCUT2D eigenvalue weighted by molar-refractivity contribution is 1.11. The fraction of sp³-hybridized carbons (Fsp3) is 0.0714. The second-order valence-electron chi connectivity index (χ2n) is 3.97. The van der Waals surface area contributed by atoms with E-state index in [1.165, 1.54) is 0 Å². The Labute approximate surface area is 104 Å². The Kier molecular flexibility index (Phi) is 2.57. The number of imidazole rings is 1. The zero-order chi connectivity index (χ0) is 11.7. The predicted octanol–water partition coefficient (Wildman–Crippen LogP) is 3.58. The van der Waals surface area contributed by atoms with E-state index in [0.717, 1.165) is 28.3 Å². The molecule has 0 bridgehead atoms. The molecule has 0 saturated heterocycles. The lowest BCUT2D eigenvalue weighted by Crippen LogP contribution is -1.88. The van der Waals surface area contributed by atoms with Gasteiger partial charge in [0.15, 0.2) is 0 Å². The third-order valence-corrected chi connectivity index (χ3v) is 3.11. The molecular formula is C14H11ClN2. The average Bonchev–Trinajstić information content (AvgIpc) is 2.74. The van der Waals surface area contributed by atoms with Crippen LogP contribution in [-0.4, -0.2) is 9.38 Å². The van der Waals surface area contributed by atoms with Gasteiger partial charge in [-0.05, 0) is 23.8 Å². The summed E-state index contributed by atoms with van der Waals surface area (Å²) in [6.45, 7) is 0. The summed E-state index contributed by atoms with van der Waals surface area (Å²) in [5, 5.41) is 0.796. The second kappa shape index (κ2) is 4.22. The van der Waals surface area contributed by atoms with Gasteiger partial charge in [-0.3, -0.25) is 0 Å². The molecule has 3 rings (SSSR count). The molecule has 84 valence electrons. The van der Waals surface area contributed by atoms with Gasteiger partial charge < -0.3 is 4.40 Å². The zero-order valence-corrected chi connectivity index (χ0v) is 9.93. The number of pyridine rings is 1. The van der Waals surface area contributed by atoms with Crippen LogP contribution in [0.3, 0.4) is 0 Å². The predicted molar refractivity (Wildman–Crippen MR) is 69.5 cm³/mol. The molecule has 17 heavy (non-hydrogen) atoms. The minimum atomic E-state index is 0.765. The Morgan fingerprint density at radius 1 is 1.06 bits per heavy atom. The van der Waals surface area contributed by atoms with E-state index in [1.54, 1.807) is 0 Å². The van der Waals surface area contributed by atoms with E-state index >= 15 is 0 Å². The first-order valence-corrected chi connectivity index (χ1v) is 5.87. The number of benzene rings is 1. The van der Waals surface area contributed by atoms with E-state index in [4.69, 9.17) is 11.6 Å². The maximum atomic E-state index is 6.14. The van der Waals surface area contributed by atoms with E-state index in [0.29, 0.717) is 0 Å². The number of hydrogen-bond acceptors (Lipinski definition) is 1. The first-order valence-electron chi connectivity index (χ1n) is 5.49. The van der Waals surface area contributed by atoms with Crippen molar-refractivity contribution in [2.24, 2.45) is 0 Å². The molecule has 2 nitrogen and oxygen atoms in total. The molecule has 0 aliphatic rings. The van der Waals surface area contributed by atoms with Crippen LogP contribution in [0.2, 0.25) is 5.02 Å². The smallest absolute Gasteiger partial charge is 0.136 e. The summed E-state index contributed by atoms with van der Waals surface area (Å²) in [5.41, 5.74) is 3.11. The van der Waals surface area contributed by atoms with Crippen molar-refractivity contribution >= 4 is 17.2 Å². The van der Waals surface area contributed by atoms with E-state index in [2.05, 4.69) is 4.98 Å². The van der Waals surface area contributed by atoms with Gasteiger partial charge in [0, 0.05) is 23.8 Å². The second-order valence-corrected chi connectivity index (χ2v) is 4.37. The zero-order valence-electron chi connectivity index (χ0n) is 9.18. The van der Waals surface area contributed by atoms with Gasteiger partial charge in [0.2, 0.25) is 0 Å². The first-order chi connectivity index (χ1) is 8.33. The summed E-state index contributed by atoms with van der Waals surface area (Å²) in [6.07, 6.45) is 4.80. The number of nitrogens with zero attached hydrogens (tertiary/aromatic N) is 2. The van der Waals surface area contributed by atoms with Crippen LogP contribution < -0.4 is 0 Å². The molecule has 0 saturated carbocycles. The van der Waals surface area contributed by atoms with E-state index in [1.807, 2.05) is 59.3 Å². The van der Waals surface area contributed by atoms with Crippen LogP contribution in [0.1, 0.15) is 11.3 Å². The first kappa shape index (κ1) is 10.4. The van der Waals surface area contributed by atoms with Crippen molar-refractivity contribution in [2.75, 3.05) is 0 Å². The molecule has 3 aromatic rings. The number of hydrogen-bond donors (Lipinski definition) is 0. The van der Waals surface area contributed by atoms with Crippen LogP contribution >= 0.6 is 11.6 Å². The third kappa shape index (κ3) is 2.04. The summed E-state index contributed by atoms with van der Waals surface area (Å²) >= 11 is 6.14. The molecule has 0 amide bonds. The Balaban J connectivity index is 1.98. The molecule has 2 aromatic heterocycles. The summed E-state index contributed by atoms with van der Waals surface area (Å²) in [5.74, 6) is 0. The maximum absolute atomic E-state index is 6.14.